The molecule has 0 aliphatic carbocycles. The van der Waals surface area contributed by atoms with Crippen molar-refractivity contribution in [3.63, 3.8) is 0 Å². The third kappa shape index (κ3) is 1.85. The summed E-state index contributed by atoms with van der Waals surface area (Å²) in [6.07, 6.45) is 0. The summed E-state index contributed by atoms with van der Waals surface area (Å²) < 4.78 is 0.582. The third-order valence-electron chi connectivity index (χ3n) is 3.90. The molecule has 1 N–H and O–H groups in total. The van der Waals surface area contributed by atoms with Crippen LogP contribution in [0.1, 0.15) is 33.3 Å². The van der Waals surface area contributed by atoms with Crippen LogP contribution in [-0.4, -0.2) is 37.7 Å². The van der Waals surface area contributed by atoms with E-state index in [1.807, 2.05) is 0 Å². The number of benzene rings is 1. The molecule has 0 unspecified atom stereocenters. The first-order chi connectivity index (χ1) is 9.13. The number of carbonyl (C=O) groups is 1. The van der Waals surface area contributed by atoms with E-state index >= 15 is 0 Å². The summed E-state index contributed by atoms with van der Waals surface area (Å²) in [5.74, 6) is -0.424. The van der Waals surface area contributed by atoms with Crippen molar-refractivity contribution in [3.05, 3.63) is 40.1 Å². The first kappa shape index (κ1) is 15.0. The Hall–Kier alpha value is -1.43. The molecule has 1 aliphatic rings. The van der Waals surface area contributed by atoms with Gasteiger partial charge in [-0.2, -0.15) is 4.74 Å². The van der Waals surface area contributed by atoms with E-state index < -0.39 is 17.0 Å². The normalized spacial score (nSPS) is 26.1. The van der Waals surface area contributed by atoms with E-state index in [-0.39, 0.29) is 0 Å². The van der Waals surface area contributed by atoms with Crippen molar-refractivity contribution < 1.29 is 14.7 Å². The molecule has 0 spiro atoms. The van der Waals surface area contributed by atoms with Gasteiger partial charge in [-0.05, 0) is 38.1 Å². The largest absolute Gasteiger partial charge is 0.622 e. The molecular weight excluding hydrogens is 280 g/mol. The monoisotopic (exact) mass is 296 g/mol. The van der Waals surface area contributed by atoms with Crippen LogP contribution in [0.2, 0.25) is 5.02 Å². The van der Waals surface area contributed by atoms with Gasteiger partial charge in [-0.25, -0.2) is 0 Å². The second-order valence-corrected chi connectivity index (χ2v) is 6.03. The topological polar surface area (TPSA) is 66.6 Å². The maximum absolute atomic E-state index is 12.6. The average molecular weight is 297 g/mol. The van der Waals surface area contributed by atoms with Crippen LogP contribution in [0, 0.1) is 5.21 Å². The molecule has 0 radical (unpaired) electrons. The number of hydroxylamine groups is 3. The second kappa shape index (κ2) is 4.55. The van der Waals surface area contributed by atoms with Gasteiger partial charge in [-0.3, -0.25) is 4.79 Å². The van der Waals surface area contributed by atoms with Crippen LogP contribution < -0.4 is 0 Å². The lowest BCUT2D eigenvalue weighted by Crippen LogP contribution is -2.57. The number of halogens is 1. The fourth-order valence-corrected chi connectivity index (χ4v) is 2.69. The fraction of sp³-hybridized carbons (Fsp3) is 0.429. The Labute approximate surface area is 122 Å². The molecule has 0 fully saturated rings. The lowest BCUT2D eigenvalue weighted by atomic mass is 9.92. The van der Waals surface area contributed by atoms with Gasteiger partial charge in [0.1, 0.15) is 5.54 Å². The first-order valence-corrected chi connectivity index (χ1v) is 6.62. The van der Waals surface area contributed by atoms with E-state index in [1.165, 1.54) is 13.8 Å². The highest BCUT2D eigenvalue weighted by molar-refractivity contribution is 6.30. The highest BCUT2D eigenvalue weighted by Crippen LogP contribution is 2.35. The van der Waals surface area contributed by atoms with Crippen LogP contribution in [0.25, 0.3) is 0 Å². The van der Waals surface area contributed by atoms with Crippen LogP contribution in [0.4, 0.5) is 0 Å². The van der Waals surface area contributed by atoms with Gasteiger partial charge < -0.3 is 10.4 Å². The van der Waals surface area contributed by atoms with Crippen molar-refractivity contribution >= 4 is 23.1 Å². The molecule has 0 saturated heterocycles. The maximum atomic E-state index is 12.6. The Bertz CT molecular complexity index is 595. The number of hydrogen-bond acceptors (Lipinski definition) is 4. The number of nitrogens with zero attached hydrogens (tertiary/aromatic N) is 2. The van der Waals surface area contributed by atoms with Crippen molar-refractivity contribution in [3.8, 4) is 0 Å². The number of rotatable bonds is 2. The summed E-state index contributed by atoms with van der Waals surface area (Å²) in [7, 11) is 0. The number of Topliss-reactive ketones (excluding diaryl/α,β-unsaturated/α-hetero) is 1. The molecule has 0 amide bonds. The molecule has 20 heavy (non-hydrogen) atoms. The predicted molar refractivity (Wildman–Crippen MR) is 76.0 cm³/mol. The molecule has 0 aromatic heterocycles. The predicted octanol–water partition coefficient (Wildman–Crippen LogP) is 2.43. The summed E-state index contributed by atoms with van der Waals surface area (Å²) in [4.78, 5) is 11.8. The van der Waals surface area contributed by atoms with E-state index in [0.717, 1.165) is 5.06 Å². The zero-order valence-corrected chi connectivity index (χ0v) is 12.6. The van der Waals surface area contributed by atoms with Gasteiger partial charge in [-0.1, -0.05) is 11.6 Å². The van der Waals surface area contributed by atoms with Gasteiger partial charge in [-0.15, -0.1) is 5.06 Å². The Balaban J connectivity index is 2.68. The molecular formula is C14H17ClN2O3. The molecule has 0 saturated carbocycles. The highest BCUT2D eigenvalue weighted by atomic mass is 35.5. The Kier molecular flexibility index (Phi) is 3.40. The van der Waals surface area contributed by atoms with E-state index in [2.05, 4.69) is 0 Å². The lowest BCUT2D eigenvalue weighted by molar-refractivity contribution is -0.565. The Morgan fingerprint density at radius 1 is 1.30 bits per heavy atom. The molecule has 0 bridgehead atoms. The molecule has 6 heteroatoms. The van der Waals surface area contributed by atoms with Crippen LogP contribution in [0.3, 0.4) is 0 Å². The van der Waals surface area contributed by atoms with E-state index in [1.54, 1.807) is 38.1 Å². The number of carbonyl (C=O) groups excluding carboxylic acids is 1. The quantitative estimate of drug-likeness (QED) is 0.672. The van der Waals surface area contributed by atoms with Crippen LogP contribution in [0.5, 0.6) is 0 Å². The second-order valence-electron chi connectivity index (χ2n) is 5.60. The van der Waals surface area contributed by atoms with Crippen molar-refractivity contribution in [1.29, 1.82) is 0 Å². The average Bonchev–Trinajstić information content (AvgIpc) is 2.51. The molecule has 2 rings (SSSR count). The molecule has 1 heterocycles. The number of hydrogen-bond donors (Lipinski definition) is 1. The van der Waals surface area contributed by atoms with Crippen LogP contribution in [0.15, 0.2) is 24.3 Å². The van der Waals surface area contributed by atoms with Gasteiger partial charge in [0.15, 0.2) is 0 Å². The fourth-order valence-electron chi connectivity index (χ4n) is 2.57. The summed E-state index contributed by atoms with van der Waals surface area (Å²) >= 11 is 5.85. The Morgan fingerprint density at radius 3 is 2.20 bits per heavy atom. The molecule has 1 aromatic rings. The van der Waals surface area contributed by atoms with Crippen molar-refractivity contribution in [2.75, 3.05) is 0 Å². The van der Waals surface area contributed by atoms with E-state index in [9.17, 15) is 15.2 Å². The smallest absolute Gasteiger partial charge is 0.307 e. The molecule has 1 atom stereocenters. The molecule has 1 aromatic carbocycles. The van der Waals surface area contributed by atoms with Gasteiger partial charge in [0, 0.05) is 24.4 Å². The zero-order chi connectivity index (χ0) is 15.3. The summed E-state index contributed by atoms with van der Waals surface area (Å²) in [5, 5.41) is 24.3. The van der Waals surface area contributed by atoms with Crippen LogP contribution in [-0.2, 0) is 4.79 Å². The minimum absolute atomic E-state index is 0.328. The minimum atomic E-state index is -1.63. The highest BCUT2D eigenvalue weighted by Gasteiger charge is 2.62. The van der Waals surface area contributed by atoms with Crippen LogP contribution >= 0.6 is 11.6 Å². The van der Waals surface area contributed by atoms with E-state index in [0.29, 0.717) is 21.0 Å². The van der Waals surface area contributed by atoms with E-state index in [4.69, 9.17) is 11.6 Å². The minimum Gasteiger partial charge on any atom is -0.622 e. The van der Waals surface area contributed by atoms with Gasteiger partial charge in [0.25, 0.3) is 0 Å². The zero-order valence-electron chi connectivity index (χ0n) is 11.8. The van der Waals surface area contributed by atoms with Crippen molar-refractivity contribution in [2.45, 2.75) is 38.9 Å². The van der Waals surface area contributed by atoms with Gasteiger partial charge >= 0.3 is 5.66 Å². The number of ketones is 1. The standard InChI is InChI=1S/C14H17ClN2O3/c1-9(18)14(4)16(19)12(13(2,3)17(14)20)10-5-7-11(15)8-6-10/h5-8,20H,1-4H3/t14-/m0/s1. The van der Waals surface area contributed by atoms with Gasteiger partial charge in [0.2, 0.25) is 11.5 Å². The molecule has 108 valence electrons. The summed E-state index contributed by atoms with van der Waals surface area (Å²) in [6, 6.07) is 6.73. The third-order valence-corrected chi connectivity index (χ3v) is 4.16. The molecule has 5 nitrogen and oxygen atoms in total. The SMILES string of the molecule is CC(=O)[C@]1(C)N(O)C(C)(C)C(c2ccc(Cl)cc2)=[N+]1[O-]. The lowest BCUT2D eigenvalue weighted by Gasteiger charge is -2.30. The van der Waals surface area contributed by atoms with Crippen molar-refractivity contribution in [2.24, 2.45) is 0 Å². The summed E-state index contributed by atoms with van der Waals surface area (Å²) in [5.41, 5.74) is -1.66. The first-order valence-electron chi connectivity index (χ1n) is 6.24. The Morgan fingerprint density at radius 2 is 1.80 bits per heavy atom. The van der Waals surface area contributed by atoms with Crippen molar-refractivity contribution in [1.82, 2.24) is 5.06 Å². The molecule has 1 aliphatic heterocycles. The van der Waals surface area contributed by atoms with Gasteiger partial charge in [0.05, 0.1) is 0 Å². The maximum Gasteiger partial charge on any atom is 0.307 e. The summed E-state index contributed by atoms with van der Waals surface area (Å²) in [6.45, 7) is 6.08.